The molecule has 10 heteroatoms. The summed E-state index contributed by atoms with van der Waals surface area (Å²) in [7, 11) is -4.20. The molecule has 0 fully saturated rings. The van der Waals surface area contributed by atoms with Crippen LogP contribution in [0.3, 0.4) is 0 Å². The molecule has 2 rings (SSSR count). The number of thioether (sulfide) groups is 1. The van der Waals surface area contributed by atoms with Crippen LogP contribution in [-0.2, 0) is 10.1 Å². The van der Waals surface area contributed by atoms with E-state index in [1.54, 1.807) is 0 Å². The van der Waals surface area contributed by atoms with Crippen LogP contribution in [0.25, 0.3) is 5.69 Å². The Morgan fingerprint density at radius 2 is 2.00 bits per heavy atom. The predicted octanol–water partition coefficient (Wildman–Crippen LogP) is 0.00310. The molecule has 1 aromatic carbocycles. The number of hydrogen-bond donors (Lipinski definition) is 2. The molecule has 8 nitrogen and oxygen atoms in total. The summed E-state index contributed by atoms with van der Waals surface area (Å²) < 4.78 is 31.4. The van der Waals surface area contributed by atoms with Crippen molar-refractivity contribution < 1.29 is 18.1 Å². The molecule has 1 atom stereocenters. The maximum Gasteiger partial charge on any atom is 0.267 e. The summed E-state index contributed by atoms with van der Waals surface area (Å²) >= 11 is 1.10. The number of aromatic nitrogens is 4. The van der Waals surface area contributed by atoms with Crippen LogP contribution in [-0.4, -0.2) is 55.9 Å². The number of hydrogen-bond acceptors (Lipinski definition) is 7. The first-order valence-corrected chi connectivity index (χ1v) is 8.15. The van der Waals surface area contributed by atoms with Crippen LogP contribution in [0.4, 0.5) is 0 Å². The summed E-state index contributed by atoms with van der Waals surface area (Å²) in [4.78, 5) is 0. The normalized spacial score (nSPS) is 13.3. The second-order valence-corrected chi connectivity index (χ2v) is 6.41. The summed E-state index contributed by atoms with van der Waals surface area (Å²) in [5, 5.41) is 21.1. The van der Waals surface area contributed by atoms with Crippen LogP contribution in [0, 0.1) is 0 Å². The number of aliphatic hydroxyl groups excluding tert-OH is 1. The Morgan fingerprint density at radius 1 is 1.30 bits per heavy atom. The number of aliphatic hydroxyl groups is 1. The minimum absolute atomic E-state index is 0.0486. The molecule has 20 heavy (non-hydrogen) atoms. The van der Waals surface area contributed by atoms with E-state index in [9.17, 15) is 13.5 Å². The minimum Gasteiger partial charge on any atom is -0.391 e. The van der Waals surface area contributed by atoms with Gasteiger partial charge < -0.3 is 5.11 Å². The second-order valence-electron chi connectivity index (χ2n) is 3.92. The van der Waals surface area contributed by atoms with Crippen molar-refractivity contribution >= 4 is 21.9 Å². The van der Waals surface area contributed by atoms with E-state index in [4.69, 9.17) is 4.55 Å². The van der Waals surface area contributed by atoms with Crippen molar-refractivity contribution in [2.75, 3.05) is 11.5 Å². The number of nitrogens with zero attached hydrogens (tertiary/aromatic N) is 4. The van der Waals surface area contributed by atoms with E-state index in [1.165, 1.54) is 4.68 Å². The number of benzene rings is 1. The Labute approximate surface area is 119 Å². The van der Waals surface area contributed by atoms with Crippen LogP contribution in [0.15, 0.2) is 35.5 Å². The lowest BCUT2D eigenvalue weighted by atomic mass is 10.3. The van der Waals surface area contributed by atoms with E-state index in [2.05, 4.69) is 15.5 Å². The molecule has 0 aliphatic carbocycles. The van der Waals surface area contributed by atoms with Crippen molar-refractivity contribution in [2.45, 2.75) is 11.3 Å². The molecular weight excluding hydrogens is 304 g/mol. The van der Waals surface area contributed by atoms with Gasteiger partial charge in [-0.1, -0.05) is 30.0 Å². The zero-order valence-electron chi connectivity index (χ0n) is 10.2. The summed E-state index contributed by atoms with van der Waals surface area (Å²) in [6, 6.07) is 9.15. The van der Waals surface area contributed by atoms with Crippen LogP contribution >= 0.6 is 11.8 Å². The van der Waals surface area contributed by atoms with E-state index < -0.39 is 22.0 Å². The molecule has 0 aliphatic heterocycles. The quantitative estimate of drug-likeness (QED) is 0.565. The molecule has 2 aromatic rings. The molecule has 0 saturated heterocycles. The third-order valence-corrected chi connectivity index (χ3v) is 4.12. The van der Waals surface area contributed by atoms with Crippen LogP contribution in [0.5, 0.6) is 0 Å². The van der Waals surface area contributed by atoms with Crippen LogP contribution < -0.4 is 0 Å². The van der Waals surface area contributed by atoms with Gasteiger partial charge in [-0.3, -0.25) is 4.55 Å². The topological polar surface area (TPSA) is 118 Å². The first kappa shape index (κ1) is 14.9. The standard InChI is InChI=1S/C10H12N4O4S2/c15-9(7-20(16,17)18)6-19-10-11-12-13-14(10)8-4-2-1-3-5-8/h1-5,9,15H,6-7H2,(H,16,17,18)/t9-/m0/s1. The second kappa shape index (κ2) is 6.31. The SMILES string of the molecule is O=S(=O)(O)C[C@@H](O)CSc1nnnn1-c1ccccc1. The molecule has 0 unspecified atom stereocenters. The fraction of sp³-hybridized carbons (Fsp3) is 0.300. The molecule has 0 saturated carbocycles. The molecule has 108 valence electrons. The van der Waals surface area contributed by atoms with Crippen molar-refractivity contribution in [3.63, 3.8) is 0 Å². The van der Waals surface area contributed by atoms with Gasteiger partial charge in [0, 0.05) is 5.75 Å². The van der Waals surface area contributed by atoms with Gasteiger partial charge in [0.1, 0.15) is 5.75 Å². The molecule has 0 radical (unpaired) electrons. The summed E-state index contributed by atoms with van der Waals surface area (Å²) in [6.45, 7) is 0. The maximum atomic E-state index is 10.6. The van der Waals surface area contributed by atoms with E-state index in [1.807, 2.05) is 30.3 Å². The highest BCUT2D eigenvalue weighted by Gasteiger charge is 2.16. The smallest absolute Gasteiger partial charge is 0.267 e. The molecule has 0 spiro atoms. The maximum absolute atomic E-state index is 10.6. The zero-order chi connectivity index (χ0) is 14.6. The van der Waals surface area contributed by atoms with Gasteiger partial charge in [-0.15, -0.1) is 5.10 Å². The average molecular weight is 316 g/mol. The molecule has 1 heterocycles. The average Bonchev–Trinajstić information content (AvgIpc) is 2.83. The van der Waals surface area contributed by atoms with Crippen LogP contribution in [0.2, 0.25) is 0 Å². The third-order valence-electron chi connectivity index (χ3n) is 2.25. The Morgan fingerprint density at radius 3 is 2.65 bits per heavy atom. The van der Waals surface area contributed by atoms with E-state index >= 15 is 0 Å². The first-order chi connectivity index (χ1) is 9.46. The highest BCUT2D eigenvalue weighted by Crippen LogP contribution is 2.18. The zero-order valence-corrected chi connectivity index (χ0v) is 11.8. The molecule has 0 amide bonds. The number of tetrazole rings is 1. The lowest BCUT2D eigenvalue weighted by Gasteiger charge is -2.08. The van der Waals surface area contributed by atoms with Crippen molar-refractivity contribution in [2.24, 2.45) is 0 Å². The van der Waals surface area contributed by atoms with E-state index in [0.717, 1.165) is 17.4 Å². The van der Waals surface area contributed by atoms with Gasteiger partial charge in [-0.05, 0) is 22.6 Å². The third kappa shape index (κ3) is 4.27. The van der Waals surface area contributed by atoms with Gasteiger partial charge in [-0.25, -0.2) is 0 Å². The lowest BCUT2D eigenvalue weighted by Crippen LogP contribution is -2.22. The predicted molar refractivity (Wildman–Crippen MR) is 72.3 cm³/mol. The van der Waals surface area contributed by atoms with Crippen molar-refractivity contribution in [1.82, 2.24) is 20.2 Å². The highest BCUT2D eigenvalue weighted by atomic mass is 32.2. The van der Waals surface area contributed by atoms with Crippen LogP contribution in [0.1, 0.15) is 0 Å². The van der Waals surface area contributed by atoms with E-state index in [-0.39, 0.29) is 5.75 Å². The lowest BCUT2D eigenvalue weighted by molar-refractivity contribution is 0.220. The van der Waals surface area contributed by atoms with Crippen molar-refractivity contribution in [3.05, 3.63) is 30.3 Å². The first-order valence-electron chi connectivity index (χ1n) is 5.55. The number of para-hydroxylation sites is 1. The van der Waals surface area contributed by atoms with Gasteiger partial charge in [0.15, 0.2) is 0 Å². The Kier molecular flexibility index (Phi) is 4.70. The largest absolute Gasteiger partial charge is 0.391 e. The summed E-state index contributed by atoms with van der Waals surface area (Å²) in [5.74, 6) is -0.667. The van der Waals surface area contributed by atoms with Crippen molar-refractivity contribution in [1.29, 1.82) is 0 Å². The van der Waals surface area contributed by atoms with Crippen molar-refractivity contribution in [3.8, 4) is 5.69 Å². The molecular formula is C10H12N4O4S2. The van der Waals surface area contributed by atoms with Gasteiger partial charge in [-0.2, -0.15) is 13.1 Å². The Bertz CT molecular complexity index is 659. The fourth-order valence-electron chi connectivity index (χ4n) is 1.46. The fourth-order valence-corrected chi connectivity index (χ4v) is 3.03. The molecule has 1 aromatic heterocycles. The molecule has 0 bridgehead atoms. The minimum atomic E-state index is -4.20. The summed E-state index contributed by atoms with van der Waals surface area (Å²) in [6.07, 6.45) is -1.20. The Balaban J connectivity index is 2.03. The van der Waals surface area contributed by atoms with E-state index in [0.29, 0.717) is 5.16 Å². The molecule has 2 N–H and O–H groups in total. The Hall–Kier alpha value is -1.49. The van der Waals surface area contributed by atoms with Gasteiger partial charge in [0.05, 0.1) is 11.8 Å². The van der Waals surface area contributed by atoms with Gasteiger partial charge in [0.2, 0.25) is 5.16 Å². The summed E-state index contributed by atoms with van der Waals surface area (Å²) in [5.41, 5.74) is 0.754. The molecule has 0 aliphatic rings. The van der Waals surface area contributed by atoms with Gasteiger partial charge in [0.25, 0.3) is 10.1 Å². The number of rotatable bonds is 6. The highest BCUT2D eigenvalue weighted by molar-refractivity contribution is 7.99. The monoisotopic (exact) mass is 316 g/mol. The van der Waals surface area contributed by atoms with Gasteiger partial charge >= 0.3 is 0 Å².